The first-order valence-electron chi connectivity index (χ1n) is 7.13. The molecule has 2 nitrogen and oxygen atoms in total. The van der Waals surface area contributed by atoms with Gasteiger partial charge in [-0.2, -0.15) is 0 Å². The van der Waals surface area contributed by atoms with E-state index in [1.54, 1.807) is 0 Å². The zero-order valence-electron chi connectivity index (χ0n) is 12.2. The summed E-state index contributed by atoms with van der Waals surface area (Å²) in [6.45, 7) is 11.3. The molecule has 1 unspecified atom stereocenters. The van der Waals surface area contributed by atoms with Crippen molar-refractivity contribution >= 4 is 5.69 Å². The number of hydrogen-bond donors (Lipinski definition) is 1. The molecular formula is C16H26N2. The molecule has 1 atom stereocenters. The summed E-state index contributed by atoms with van der Waals surface area (Å²) in [6.07, 6.45) is 2.32. The van der Waals surface area contributed by atoms with Crippen LogP contribution in [0.15, 0.2) is 24.3 Å². The minimum absolute atomic E-state index is 0.179. The quantitative estimate of drug-likeness (QED) is 0.862. The molecule has 1 aliphatic heterocycles. The molecule has 100 valence electrons. The Labute approximate surface area is 111 Å². The van der Waals surface area contributed by atoms with Crippen LogP contribution in [0.25, 0.3) is 0 Å². The van der Waals surface area contributed by atoms with Crippen molar-refractivity contribution in [3.63, 3.8) is 0 Å². The van der Waals surface area contributed by atoms with Crippen molar-refractivity contribution in [2.75, 3.05) is 18.0 Å². The van der Waals surface area contributed by atoms with Crippen molar-refractivity contribution < 1.29 is 0 Å². The van der Waals surface area contributed by atoms with Crippen LogP contribution in [0.4, 0.5) is 5.69 Å². The van der Waals surface area contributed by atoms with Gasteiger partial charge in [0.1, 0.15) is 0 Å². The van der Waals surface area contributed by atoms with Gasteiger partial charge < -0.3 is 10.2 Å². The van der Waals surface area contributed by atoms with E-state index >= 15 is 0 Å². The normalized spacial score (nSPS) is 23.8. The number of hydrogen-bond acceptors (Lipinski definition) is 2. The first-order valence-corrected chi connectivity index (χ1v) is 7.13. The molecule has 0 spiro atoms. The van der Waals surface area contributed by atoms with Crippen LogP contribution >= 0.6 is 0 Å². The van der Waals surface area contributed by atoms with Gasteiger partial charge in [-0.05, 0) is 51.3 Å². The second-order valence-electron chi connectivity index (χ2n) is 6.05. The molecule has 0 bridgehead atoms. The summed E-state index contributed by atoms with van der Waals surface area (Å²) in [7, 11) is 0. The maximum Gasteiger partial charge on any atom is 0.0470 e. The van der Waals surface area contributed by atoms with E-state index in [1.807, 2.05) is 0 Å². The Hall–Kier alpha value is -1.02. The average molecular weight is 246 g/mol. The van der Waals surface area contributed by atoms with Gasteiger partial charge in [0, 0.05) is 30.4 Å². The largest absolute Gasteiger partial charge is 0.365 e. The number of nitrogens with one attached hydrogen (secondary N) is 1. The Kier molecular flexibility index (Phi) is 3.96. The molecule has 2 rings (SSSR count). The third kappa shape index (κ3) is 2.86. The number of aryl methyl sites for hydroxylation is 1. The fourth-order valence-corrected chi connectivity index (χ4v) is 2.64. The highest BCUT2D eigenvalue weighted by Gasteiger charge is 2.30. The van der Waals surface area contributed by atoms with Crippen LogP contribution in [0.3, 0.4) is 0 Å². The molecule has 0 aromatic heterocycles. The molecule has 1 N–H and O–H groups in total. The van der Waals surface area contributed by atoms with E-state index in [0.29, 0.717) is 6.04 Å². The molecule has 2 heteroatoms. The highest BCUT2D eigenvalue weighted by atomic mass is 15.2. The average Bonchev–Trinajstić information content (AvgIpc) is 2.49. The summed E-state index contributed by atoms with van der Waals surface area (Å²) in [5.74, 6) is 0. The summed E-state index contributed by atoms with van der Waals surface area (Å²) in [5, 5.41) is 3.62. The van der Waals surface area contributed by atoms with Gasteiger partial charge in [0.15, 0.2) is 0 Å². The third-order valence-corrected chi connectivity index (χ3v) is 4.06. The monoisotopic (exact) mass is 246 g/mol. The molecule has 0 amide bonds. The smallest absolute Gasteiger partial charge is 0.0470 e. The standard InChI is InChI=1S/C16H26N2/c1-5-14-6-8-15(9-7-14)18-11-10-13(2)17-12-16(18,3)4/h6-9,13,17H,5,10-12H2,1-4H3. The van der Waals surface area contributed by atoms with Gasteiger partial charge in [-0.3, -0.25) is 0 Å². The van der Waals surface area contributed by atoms with Crippen LogP contribution in [0.1, 0.15) is 39.7 Å². The van der Waals surface area contributed by atoms with Crippen molar-refractivity contribution in [3.8, 4) is 0 Å². The molecule has 1 aliphatic rings. The van der Waals surface area contributed by atoms with Crippen LogP contribution in [0.5, 0.6) is 0 Å². The van der Waals surface area contributed by atoms with E-state index < -0.39 is 0 Å². The first-order chi connectivity index (χ1) is 8.53. The van der Waals surface area contributed by atoms with Crippen molar-refractivity contribution in [3.05, 3.63) is 29.8 Å². The van der Waals surface area contributed by atoms with E-state index in [9.17, 15) is 0 Å². The van der Waals surface area contributed by atoms with E-state index in [4.69, 9.17) is 0 Å². The number of benzene rings is 1. The van der Waals surface area contributed by atoms with Gasteiger partial charge in [-0.1, -0.05) is 19.1 Å². The predicted octanol–water partition coefficient (Wildman–Crippen LogP) is 3.22. The summed E-state index contributed by atoms with van der Waals surface area (Å²) in [5.41, 5.74) is 2.95. The topological polar surface area (TPSA) is 15.3 Å². The van der Waals surface area contributed by atoms with Crippen molar-refractivity contribution in [2.45, 2.75) is 52.1 Å². The van der Waals surface area contributed by atoms with Gasteiger partial charge >= 0.3 is 0 Å². The second kappa shape index (κ2) is 5.31. The fourth-order valence-electron chi connectivity index (χ4n) is 2.64. The maximum absolute atomic E-state index is 3.62. The van der Waals surface area contributed by atoms with Gasteiger partial charge in [0.2, 0.25) is 0 Å². The lowest BCUT2D eigenvalue weighted by molar-refractivity contribution is 0.447. The van der Waals surface area contributed by atoms with Gasteiger partial charge in [-0.25, -0.2) is 0 Å². The molecule has 1 aromatic rings. The molecule has 0 saturated carbocycles. The van der Waals surface area contributed by atoms with Crippen LogP contribution in [-0.4, -0.2) is 24.7 Å². The van der Waals surface area contributed by atoms with E-state index in [-0.39, 0.29) is 5.54 Å². The van der Waals surface area contributed by atoms with Crippen molar-refractivity contribution in [1.29, 1.82) is 0 Å². The summed E-state index contributed by atoms with van der Waals surface area (Å²) < 4.78 is 0. The Morgan fingerprint density at radius 1 is 1.28 bits per heavy atom. The van der Waals surface area contributed by atoms with Gasteiger partial charge in [0.25, 0.3) is 0 Å². The Morgan fingerprint density at radius 3 is 2.56 bits per heavy atom. The number of rotatable bonds is 2. The van der Waals surface area contributed by atoms with Crippen molar-refractivity contribution in [2.24, 2.45) is 0 Å². The molecule has 18 heavy (non-hydrogen) atoms. The molecule has 1 aromatic carbocycles. The summed E-state index contributed by atoms with van der Waals surface area (Å²) in [6, 6.07) is 9.68. The molecular weight excluding hydrogens is 220 g/mol. The van der Waals surface area contributed by atoms with Crippen LogP contribution in [0.2, 0.25) is 0 Å². The molecule has 0 radical (unpaired) electrons. The van der Waals surface area contributed by atoms with Crippen LogP contribution < -0.4 is 10.2 Å². The fraction of sp³-hybridized carbons (Fsp3) is 0.625. The highest BCUT2D eigenvalue weighted by molar-refractivity contribution is 5.50. The van der Waals surface area contributed by atoms with Crippen LogP contribution in [-0.2, 0) is 6.42 Å². The number of anilines is 1. The predicted molar refractivity (Wildman–Crippen MR) is 79.3 cm³/mol. The van der Waals surface area contributed by atoms with Crippen molar-refractivity contribution in [1.82, 2.24) is 5.32 Å². The SMILES string of the molecule is CCc1ccc(N2CCC(C)NCC2(C)C)cc1. The molecule has 1 heterocycles. The molecule has 1 saturated heterocycles. The Morgan fingerprint density at radius 2 is 1.94 bits per heavy atom. The van der Waals surface area contributed by atoms with E-state index in [0.717, 1.165) is 19.5 Å². The maximum atomic E-state index is 3.62. The molecule has 0 aliphatic carbocycles. The summed E-state index contributed by atoms with van der Waals surface area (Å²) >= 11 is 0. The minimum atomic E-state index is 0.179. The Bertz CT molecular complexity index is 381. The van der Waals surface area contributed by atoms with E-state index in [1.165, 1.54) is 17.7 Å². The minimum Gasteiger partial charge on any atom is -0.365 e. The van der Waals surface area contributed by atoms with E-state index in [2.05, 4.69) is 62.2 Å². The lowest BCUT2D eigenvalue weighted by Gasteiger charge is -2.39. The lowest BCUT2D eigenvalue weighted by Crippen LogP contribution is -2.49. The zero-order chi connectivity index (χ0) is 13.2. The second-order valence-corrected chi connectivity index (χ2v) is 6.05. The van der Waals surface area contributed by atoms with Gasteiger partial charge in [-0.15, -0.1) is 0 Å². The molecule has 1 fully saturated rings. The first kappa shape index (κ1) is 13.4. The highest BCUT2D eigenvalue weighted by Crippen LogP contribution is 2.26. The lowest BCUT2D eigenvalue weighted by atomic mass is 10.0. The third-order valence-electron chi connectivity index (χ3n) is 4.06. The van der Waals surface area contributed by atoms with Gasteiger partial charge in [0.05, 0.1) is 0 Å². The summed E-state index contributed by atoms with van der Waals surface area (Å²) in [4.78, 5) is 2.54. The Balaban J connectivity index is 2.22. The van der Waals surface area contributed by atoms with Crippen LogP contribution in [0, 0.1) is 0 Å². The zero-order valence-corrected chi connectivity index (χ0v) is 12.2. The number of nitrogens with zero attached hydrogens (tertiary/aromatic N) is 1.